The lowest BCUT2D eigenvalue weighted by Gasteiger charge is -2.29. The van der Waals surface area contributed by atoms with Crippen molar-refractivity contribution < 1.29 is 9.53 Å². The Morgan fingerprint density at radius 2 is 1.93 bits per heavy atom. The van der Waals surface area contributed by atoms with Crippen LogP contribution in [0.3, 0.4) is 0 Å². The molecule has 0 aliphatic carbocycles. The molecule has 2 aliphatic rings. The van der Waals surface area contributed by atoms with Crippen molar-refractivity contribution in [1.29, 1.82) is 0 Å². The molecule has 0 unspecified atom stereocenters. The summed E-state index contributed by atoms with van der Waals surface area (Å²) in [4.78, 5) is 21.2. The number of carbonyl (C=O) groups excluding carboxylic acids is 1. The molecule has 0 aromatic heterocycles. The van der Waals surface area contributed by atoms with Crippen molar-refractivity contribution in [2.24, 2.45) is 4.99 Å². The van der Waals surface area contributed by atoms with E-state index in [2.05, 4.69) is 41.4 Å². The normalized spacial score (nSPS) is 15.9. The van der Waals surface area contributed by atoms with Crippen LogP contribution in [0.25, 0.3) is 0 Å². The van der Waals surface area contributed by atoms with Crippen LogP contribution >= 0.6 is 0 Å². The molecule has 2 aromatic rings. The molecular formula is C22H26N4O2. The van der Waals surface area contributed by atoms with Crippen molar-refractivity contribution >= 4 is 23.2 Å². The van der Waals surface area contributed by atoms with Gasteiger partial charge in [-0.25, -0.2) is 0 Å². The van der Waals surface area contributed by atoms with Crippen molar-refractivity contribution in [2.45, 2.75) is 19.8 Å². The summed E-state index contributed by atoms with van der Waals surface area (Å²) in [6.45, 7) is 5.26. The summed E-state index contributed by atoms with van der Waals surface area (Å²) < 4.78 is 5.51. The number of anilines is 2. The number of rotatable bonds is 5. The molecule has 0 spiro atoms. The number of para-hydroxylation sites is 3. The van der Waals surface area contributed by atoms with Gasteiger partial charge in [-0.3, -0.25) is 9.79 Å². The summed E-state index contributed by atoms with van der Waals surface area (Å²) in [5.41, 5.74) is 3.45. The molecule has 0 radical (unpaired) electrons. The van der Waals surface area contributed by atoms with Gasteiger partial charge in [0, 0.05) is 31.9 Å². The fourth-order valence-corrected chi connectivity index (χ4v) is 3.77. The first-order valence-electron chi connectivity index (χ1n) is 9.94. The third kappa shape index (κ3) is 3.67. The third-order valence-electron chi connectivity index (χ3n) is 5.09. The molecule has 6 heteroatoms. The number of guanidine groups is 1. The Labute approximate surface area is 165 Å². The van der Waals surface area contributed by atoms with Crippen LogP contribution in [0.2, 0.25) is 0 Å². The fraction of sp³-hybridized carbons (Fsp3) is 0.364. The lowest BCUT2D eigenvalue weighted by molar-refractivity contribution is -0.121. The lowest BCUT2D eigenvalue weighted by Crippen LogP contribution is -2.41. The van der Waals surface area contributed by atoms with Crippen LogP contribution in [0, 0.1) is 0 Å². The molecule has 146 valence electrons. The Bertz CT molecular complexity index is 880. The Kier molecular flexibility index (Phi) is 5.46. The zero-order valence-electron chi connectivity index (χ0n) is 16.2. The van der Waals surface area contributed by atoms with Crippen molar-refractivity contribution in [3.63, 3.8) is 0 Å². The van der Waals surface area contributed by atoms with E-state index in [1.54, 1.807) is 0 Å². The molecule has 1 N–H and O–H groups in total. The number of nitrogens with one attached hydrogen (secondary N) is 1. The molecule has 2 heterocycles. The molecule has 6 nitrogen and oxygen atoms in total. The lowest BCUT2D eigenvalue weighted by atomic mass is 10.2. The molecule has 1 amide bonds. The van der Waals surface area contributed by atoms with Gasteiger partial charge in [0.2, 0.25) is 0 Å². The van der Waals surface area contributed by atoms with Crippen LogP contribution < -0.4 is 19.9 Å². The molecule has 4 rings (SSSR count). The van der Waals surface area contributed by atoms with E-state index in [-0.39, 0.29) is 12.5 Å². The molecule has 2 aromatic carbocycles. The molecule has 2 aliphatic heterocycles. The molecule has 0 fully saturated rings. The van der Waals surface area contributed by atoms with Gasteiger partial charge in [-0.1, -0.05) is 30.3 Å². The van der Waals surface area contributed by atoms with Gasteiger partial charge in [0.15, 0.2) is 12.6 Å². The quantitative estimate of drug-likeness (QED) is 0.494. The Balaban J connectivity index is 1.41. The first-order chi connectivity index (χ1) is 13.8. The Morgan fingerprint density at radius 3 is 2.79 bits per heavy atom. The number of nitrogens with zero attached hydrogens (tertiary/aromatic N) is 3. The second kappa shape index (κ2) is 8.33. The largest absolute Gasteiger partial charge is 0.482 e. The number of ether oxygens (including phenoxy) is 1. The van der Waals surface area contributed by atoms with Crippen LogP contribution in [0.1, 0.15) is 18.9 Å². The minimum Gasteiger partial charge on any atom is -0.482 e. The second-order valence-corrected chi connectivity index (χ2v) is 6.92. The maximum atomic E-state index is 12.3. The van der Waals surface area contributed by atoms with E-state index < -0.39 is 0 Å². The van der Waals surface area contributed by atoms with Crippen molar-refractivity contribution in [3.8, 4) is 5.75 Å². The Morgan fingerprint density at radius 1 is 1.14 bits per heavy atom. The van der Waals surface area contributed by atoms with Gasteiger partial charge in [0.1, 0.15) is 5.75 Å². The van der Waals surface area contributed by atoms with Crippen LogP contribution in [-0.2, 0) is 11.2 Å². The molecule has 0 atom stereocenters. The van der Waals surface area contributed by atoms with Gasteiger partial charge in [0.05, 0.1) is 5.69 Å². The SMILES string of the molecule is CCNC(=NCCCN1C(=O)COc2ccccc21)N1CCc2ccccc21. The standard InChI is InChI=1S/C22H26N4O2/c1-2-23-22(26-15-12-17-8-3-4-9-18(17)26)24-13-7-14-25-19-10-5-6-11-20(19)28-16-21(25)27/h3-6,8-11H,2,7,12-16H2,1H3,(H,23,24). The zero-order valence-corrected chi connectivity index (χ0v) is 16.2. The molecule has 28 heavy (non-hydrogen) atoms. The number of amides is 1. The first-order valence-corrected chi connectivity index (χ1v) is 9.94. The average molecular weight is 378 g/mol. The van der Waals surface area contributed by atoms with Gasteiger partial charge in [-0.2, -0.15) is 0 Å². The fourth-order valence-electron chi connectivity index (χ4n) is 3.77. The summed E-state index contributed by atoms with van der Waals surface area (Å²) >= 11 is 0. The number of fused-ring (bicyclic) bond motifs is 2. The number of aliphatic imine (C=N–C) groups is 1. The highest BCUT2D eigenvalue weighted by molar-refractivity contribution is 5.98. The van der Waals surface area contributed by atoms with Crippen LogP contribution in [0.4, 0.5) is 11.4 Å². The maximum Gasteiger partial charge on any atom is 0.265 e. The highest BCUT2D eigenvalue weighted by atomic mass is 16.5. The number of carbonyl (C=O) groups is 1. The van der Waals surface area contributed by atoms with Crippen molar-refractivity contribution in [3.05, 3.63) is 54.1 Å². The summed E-state index contributed by atoms with van der Waals surface area (Å²) in [5.74, 6) is 1.69. The summed E-state index contributed by atoms with van der Waals surface area (Å²) in [6.07, 6.45) is 1.84. The average Bonchev–Trinajstić information content (AvgIpc) is 3.15. The van der Waals surface area contributed by atoms with Gasteiger partial charge in [0.25, 0.3) is 5.91 Å². The first kappa shape index (κ1) is 18.3. The van der Waals surface area contributed by atoms with E-state index >= 15 is 0 Å². The second-order valence-electron chi connectivity index (χ2n) is 6.92. The van der Waals surface area contributed by atoms with E-state index in [4.69, 9.17) is 9.73 Å². The smallest absolute Gasteiger partial charge is 0.265 e. The Hall–Kier alpha value is -3.02. The van der Waals surface area contributed by atoms with Gasteiger partial charge < -0.3 is 19.9 Å². The molecule has 0 saturated carbocycles. The maximum absolute atomic E-state index is 12.3. The van der Waals surface area contributed by atoms with Crippen LogP contribution in [0.15, 0.2) is 53.5 Å². The predicted molar refractivity (Wildman–Crippen MR) is 112 cm³/mol. The minimum atomic E-state index is 0.00283. The molecular weight excluding hydrogens is 352 g/mol. The summed E-state index contributed by atoms with van der Waals surface area (Å²) in [6, 6.07) is 16.2. The van der Waals surface area contributed by atoms with E-state index in [0.29, 0.717) is 13.1 Å². The zero-order chi connectivity index (χ0) is 19.3. The molecule has 0 saturated heterocycles. The van der Waals surface area contributed by atoms with Crippen LogP contribution in [0.5, 0.6) is 5.75 Å². The van der Waals surface area contributed by atoms with E-state index in [1.165, 1.54) is 11.3 Å². The van der Waals surface area contributed by atoms with Crippen molar-refractivity contribution in [1.82, 2.24) is 5.32 Å². The van der Waals surface area contributed by atoms with E-state index in [9.17, 15) is 4.79 Å². The van der Waals surface area contributed by atoms with E-state index in [0.717, 1.165) is 43.3 Å². The number of benzene rings is 2. The topological polar surface area (TPSA) is 57.2 Å². The molecule has 0 bridgehead atoms. The highest BCUT2D eigenvalue weighted by Gasteiger charge is 2.25. The predicted octanol–water partition coefficient (Wildman–Crippen LogP) is 2.83. The minimum absolute atomic E-state index is 0.00283. The van der Waals surface area contributed by atoms with Crippen LogP contribution in [-0.4, -0.2) is 44.7 Å². The number of hydrogen-bond donors (Lipinski definition) is 1. The highest BCUT2D eigenvalue weighted by Crippen LogP contribution is 2.31. The van der Waals surface area contributed by atoms with Gasteiger partial charge in [-0.05, 0) is 43.5 Å². The van der Waals surface area contributed by atoms with Gasteiger partial charge in [-0.15, -0.1) is 0 Å². The summed E-state index contributed by atoms with van der Waals surface area (Å²) in [7, 11) is 0. The summed E-state index contributed by atoms with van der Waals surface area (Å²) in [5, 5.41) is 3.40. The van der Waals surface area contributed by atoms with Gasteiger partial charge >= 0.3 is 0 Å². The monoisotopic (exact) mass is 378 g/mol. The third-order valence-corrected chi connectivity index (χ3v) is 5.09. The van der Waals surface area contributed by atoms with E-state index in [1.807, 2.05) is 29.2 Å². The van der Waals surface area contributed by atoms with Crippen molar-refractivity contribution in [2.75, 3.05) is 42.6 Å². The number of hydrogen-bond acceptors (Lipinski definition) is 3.